The number of carbonyl (C=O) groups excluding carboxylic acids is 1. The van der Waals surface area contributed by atoms with Crippen molar-refractivity contribution in [2.45, 2.75) is 43.6 Å². The molecule has 0 aromatic heterocycles. The largest absolute Gasteiger partial charge is 0.493 e. The summed E-state index contributed by atoms with van der Waals surface area (Å²) < 4.78 is 30.7. The number of rotatable bonds is 10. The Bertz CT molecular complexity index is 911. The SMILES string of the molecule is COC(=O)CCCC=CC[C@@H]1[C@@H](COc2ccccc2)[C@H]2C[C@]1(c1ccc(F)cc1)CO2. The van der Waals surface area contributed by atoms with Crippen molar-refractivity contribution < 1.29 is 23.4 Å². The summed E-state index contributed by atoms with van der Waals surface area (Å²) in [5.41, 5.74) is 1.02. The van der Waals surface area contributed by atoms with Gasteiger partial charge in [0.2, 0.25) is 0 Å². The predicted molar refractivity (Wildman–Crippen MR) is 121 cm³/mol. The Hall–Kier alpha value is -2.66. The topological polar surface area (TPSA) is 44.8 Å². The lowest BCUT2D eigenvalue weighted by Crippen LogP contribution is -2.41. The van der Waals surface area contributed by atoms with E-state index in [1.807, 2.05) is 42.5 Å². The first-order valence-electron chi connectivity index (χ1n) is 11.4. The van der Waals surface area contributed by atoms with E-state index in [1.165, 1.54) is 7.11 Å². The van der Waals surface area contributed by atoms with E-state index >= 15 is 0 Å². The van der Waals surface area contributed by atoms with Crippen molar-refractivity contribution in [2.24, 2.45) is 11.8 Å². The lowest BCUT2D eigenvalue weighted by molar-refractivity contribution is -0.140. The maximum absolute atomic E-state index is 13.6. The van der Waals surface area contributed by atoms with Crippen molar-refractivity contribution in [1.82, 2.24) is 0 Å². The number of hydrogen-bond acceptors (Lipinski definition) is 4. The van der Waals surface area contributed by atoms with Gasteiger partial charge in [-0.15, -0.1) is 0 Å². The highest BCUT2D eigenvalue weighted by Crippen LogP contribution is 2.56. The van der Waals surface area contributed by atoms with E-state index in [9.17, 15) is 9.18 Å². The van der Waals surface area contributed by atoms with Crippen molar-refractivity contribution in [1.29, 1.82) is 0 Å². The molecule has 32 heavy (non-hydrogen) atoms. The van der Waals surface area contributed by atoms with E-state index < -0.39 is 0 Å². The molecule has 1 aliphatic heterocycles. The smallest absolute Gasteiger partial charge is 0.305 e. The summed E-state index contributed by atoms with van der Waals surface area (Å²) in [6.45, 7) is 1.25. The maximum Gasteiger partial charge on any atom is 0.305 e. The normalized spacial score (nSPS) is 26.5. The molecule has 1 heterocycles. The number of carbonyl (C=O) groups is 1. The van der Waals surface area contributed by atoms with Crippen LogP contribution >= 0.6 is 0 Å². The van der Waals surface area contributed by atoms with Gasteiger partial charge in [-0.25, -0.2) is 4.39 Å². The van der Waals surface area contributed by atoms with Gasteiger partial charge in [0, 0.05) is 17.8 Å². The molecule has 5 heteroatoms. The molecule has 0 unspecified atom stereocenters. The predicted octanol–water partition coefficient (Wildman–Crippen LogP) is 5.47. The molecule has 0 spiro atoms. The molecular formula is C27H31FO4. The van der Waals surface area contributed by atoms with Crippen LogP contribution in [-0.2, 0) is 19.7 Å². The number of halogens is 1. The second kappa shape index (κ2) is 10.3. The summed E-state index contributed by atoms with van der Waals surface area (Å²) in [6, 6.07) is 16.8. The summed E-state index contributed by atoms with van der Waals surface area (Å²) >= 11 is 0. The van der Waals surface area contributed by atoms with E-state index in [0.29, 0.717) is 25.6 Å². The zero-order valence-corrected chi connectivity index (χ0v) is 18.5. The second-order valence-corrected chi connectivity index (χ2v) is 8.79. The molecule has 0 amide bonds. The number of unbranched alkanes of at least 4 members (excludes halogenated alkanes) is 1. The molecule has 4 rings (SSSR count). The summed E-state index contributed by atoms with van der Waals surface area (Å²) in [5.74, 6) is 1.07. The van der Waals surface area contributed by atoms with E-state index in [0.717, 1.165) is 37.0 Å². The fraction of sp³-hybridized carbons (Fsp3) is 0.444. The Morgan fingerprint density at radius 1 is 1.16 bits per heavy atom. The van der Waals surface area contributed by atoms with Crippen molar-refractivity contribution in [2.75, 3.05) is 20.3 Å². The Labute approximate surface area is 189 Å². The molecule has 2 fully saturated rings. The first kappa shape index (κ1) is 22.5. The summed E-state index contributed by atoms with van der Waals surface area (Å²) in [7, 11) is 1.42. The molecule has 1 aliphatic carbocycles. The highest BCUT2D eigenvalue weighted by molar-refractivity contribution is 5.69. The van der Waals surface area contributed by atoms with Crippen LogP contribution in [0.4, 0.5) is 4.39 Å². The molecule has 1 saturated carbocycles. The van der Waals surface area contributed by atoms with Gasteiger partial charge < -0.3 is 14.2 Å². The summed E-state index contributed by atoms with van der Waals surface area (Å²) in [4.78, 5) is 11.3. The minimum atomic E-state index is -0.218. The number of allylic oxidation sites excluding steroid dienone is 2. The van der Waals surface area contributed by atoms with Crippen LogP contribution in [0, 0.1) is 17.7 Å². The molecular weight excluding hydrogens is 407 g/mol. The standard InChI is InChI=1S/C27H31FO4/c1-30-26(29)12-8-3-2-7-11-24-23(18-31-22-9-5-4-6-10-22)25-17-27(24,19-32-25)20-13-15-21(28)16-14-20/h2,4-7,9-10,13-16,23-25H,3,8,11-12,17-19H2,1H3/t23-,24-,25-,27-/m1/s1. The van der Waals surface area contributed by atoms with Gasteiger partial charge in [0.15, 0.2) is 0 Å². The van der Waals surface area contributed by atoms with Gasteiger partial charge in [-0.3, -0.25) is 4.79 Å². The molecule has 4 nitrogen and oxygen atoms in total. The van der Waals surface area contributed by atoms with Crippen molar-refractivity contribution in [3.05, 3.63) is 78.1 Å². The quantitative estimate of drug-likeness (QED) is 0.280. The number of ether oxygens (including phenoxy) is 3. The highest BCUT2D eigenvalue weighted by Gasteiger charge is 2.59. The monoisotopic (exact) mass is 438 g/mol. The van der Waals surface area contributed by atoms with Crippen LogP contribution in [-0.4, -0.2) is 32.4 Å². The van der Waals surface area contributed by atoms with Gasteiger partial charge >= 0.3 is 5.97 Å². The first-order valence-corrected chi connectivity index (χ1v) is 11.4. The minimum absolute atomic E-state index is 0.126. The molecule has 170 valence electrons. The number of benzene rings is 2. The molecule has 2 aliphatic rings. The van der Waals surface area contributed by atoms with E-state index in [-0.39, 0.29) is 29.2 Å². The van der Waals surface area contributed by atoms with Gasteiger partial charge in [0.25, 0.3) is 0 Å². The van der Waals surface area contributed by atoms with Gasteiger partial charge in [0.05, 0.1) is 26.4 Å². The third-order valence-electron chi connectivity index (χ3n) is 6.97. The molecule has 2 aromatic carbocycles. The Morgan fingerprint density at radius 3 is 2.69 bits per heavy atom. The van der Waals surface area contributed by atoms with E-state index in [1.54, 1.807) is 12.1 Å². The van der Waals surface area contributed by atoms with Crippen LogP contribution in [0.3, 0.4) is 0 Å². The summed E-state index contributed by atoms with van der Waals surface area (Å²) in [5, 5.41) is 0. The molecule has 0 radical (unpaired) electrons. The maximum atomic E-state index is 13.6. The molecule has 2 aromatic rings. The fourth-order valence-electron chi connectivity index (χ4n) is 5.29. The lowest BCUT2D eigenvalue weighted by atomic mass is 9.69. The van der Waals surface area contributed by atoms with Crippen molar-refractivity contribution in [3.8, 4) is 5.75 Å². The average Bonchev–Trinajstić information content (AvgIpc) is 3.39. The molecule has 1 saturated heterocycles. The molecule has 2 bridgehead atoms. The van der Waals surface area contributed by atoms with Crippen LogP contribution in [0.1, 0.15) is 37.7 Å². The Kier molecular flexibility index (Phi) is 7.26. The second-order valence-electron chi connectivity index (χ2n) is 8.79. The van der Waals surface area contributed by atoms with Crippen LogP contribution < -0.4 is 4.74 Å². The minimum Gasteiger partial charge on any atom is -0.493 e. The number of fused-ring (bicyclic) bond motifs is 2. The number of esters is 1. The zero-order chi connectivity index (χ0) is 22.4. The average molecular weight is 439 g/mol. The van der Waals surface area contributed by atoms with Crippen LogP contribution in [0.5, 0.6) is 5.75 Å². The van der Waals surface area contributed by atoms with Gasteiger partial charge in [-0.1, -0.05) is 42.5 Å². The van der Waals surface area contributed by atoms with Gasteiger partial charge in [-0.05, 0) is 61.4 Å². The lowest BCUT2D eigenvalue weighted by Gasteiger charge is -2.39. The van der Waals surface area contributed by atoms with Crippen molar-refractivity contribution in [3.63, 3.8) is 0 Å². The zero-order valence-electron chi connectivity index (χ0n) is 18.5. The van der Waals surface area contributed by atoms with Crippen LogP contribution in [0.2, 0.25) is 0 Å². The van der Waals surface area contributed by atoms with Crippen LogP contribution in [0.15, 0.2) is 66.7 Å². The fourth-order valence-corrected chi connectivity index (χ4v) is 5.29. The van der Waals surface area contributed by atoms with Crippen LogP contribution in [0.25, 0.3) is 0 Å². The third kappa shape index (κ3) is 4.88. The Morgan fingerprint density at radius 2 is 1.94 bits per heavy atom. The molecule has 4 atom stereocenters. The van der Waals surface area contributed by atoms with E-state index in [2.05, 4.69) is 12.2 Å². The van der Waals surface area contributed by atoms with Gasteiger partial charge in [0.1, 0.15) is 11.6 Å². The summed E-state index contributed by atoms with van der Waals surface area (Å²) in [6.07, 6.45) is 8.42. The first-order chi connectivity index (χ1) is 15.6. The third-order valence-corrected chi connectivity index (χ3v) is 6.97. The Balaban J connectivity index is 1.48. The van der Waals surface area contributed by atoms with Gasteiger partial charge in [-0.2, -0.15) is 0 Å². The number of para-hydroxylation sites is 1. The van der Waals surface area contributed by atoms with E-state index in [4.69, 9.17) is 14.2 Å². The highest BCUT2D eigenvalue weighted by atomic mass is 19.1. The van der Waals surface area contributed by atoms with Crippen molar-refractivity contribution >= 4 is 5.97 Å². The number of hydrogen-bond donors (Lipinski definition) is 0. The molecule has 0 N–H and O–H groups in total. The number of methoxy groups -OCH3 is 1.